The largest absolute Gasteiger partial charge is 0.356 e. The van der Waals surface area contributed by atoms with Gasteiger partial charge in [-0.25, -0.2) is 0 Å². The molecule has 1 saturated carbocycles. The Balaban J connectivity index is 1.41. The summed E-state index contributed by atoms with van der Waals surface area (Å²) in [6.45, 7) is 2.57. The molecule has 0 saturated heterocycles. The Morgan fingerprint density at radius 2 is 1.56 bits per heavy atom. The number of benzene rings is 2. The van der Waals surface area contributed by atoms with Crippen molar-refractivity contribution < 1.29 is 9.59 Å². The van der Waals surface area contributed by atoms with Gasteiger partial charge in [0, 0.05) is 6.54 Å². The number of rotatable bonds is 7. The molecule has 0 heterocycles. The molecule has 1 fully saturated rings. The summed E-state index contributed by atoms with van der Waals surface area (Å²) >= 11 is 0. The molecule has 0 aliphatic heterocycles. The van der Waals surface area contributed by atoms with E-state index in [4.69, 9.17) is 0 Å². The lowest BCUT2D eigenvalue weighted by atomic mass is 10.1. The standard InChI is InChI=1S/C21H24N2O2/c1-15(17-10-6-3-7-11-17)23-21(25)19-14-18(19)20(24)22-13-12-16-8-4-2-5-9-16/h2-11,15,18-19H,12-14H2,1H3,(H,22,24)(H,23,25). The Morgan fingerprint density at radius 3 is 2.24 bits per heavy atom. The van der Waals surface area contributed by atoms with Gasteiger partial charge in [0.05, 0.1) is 17.9 Å². The first-order chi connectivity index (χ1) is 12.1. The third kappa shape index (κ3) is 4.69. The van der Waals surface area contributed by atoms with Crippen molar-refractivity contribution in [1.29, 1.82) is 0 Å². The highest BCUT2D eigenvalue weighted by molar-refractivity contribution is 5.92. The normalized spacial score (nSPS) is 19.7. The minimum Gasteiger partial charge on any atom is -0.356 e. The number of carbonyl (C=O) groups is 2. The summed E-state index contributed by atoms with van der Waals surface area (Å²) in [5.41, 5.74) is 2.27. The summed E-state index contributed by atoms with van der Waals surface area (Å²) in [4.78, 5) is 24.5. The SMILES string of the molecule is CC(NC(=O)C1CC1C(=O)NCCc1ccccc1)c1ccccc1. The quantitative estimate of drug-likeness (QED) is 0.817. The first-order valence-electron chi connectivity index (χ1n) is 8.82. The van der Waals surface area contributed by atoms with Crippen LogP contribution in [0.25, 0.3) is 0 Å². The number of carbonyl (C=O) groups excluding carboxylic acids is 2. The maximum atomic E-state index is 12.3. The van der Waals surface area contributed by atoms with Crippen LogP contribution in [0.2, 0.25) is 0 Å². The van der Waals surface area contributed by atoms with Crippen LogP contribution >= 0.6 is 0 Å². The average molecular weight is 336 g/mol. The van der Waals surface area contributed by atoms with Gasteiger partial charge in [0.1, 0.15) is 0 Å². The Labute approximate surface area is 148 Å². The zero-order valence-electron chi connectivity index (χ0n) is 14.4. The number of amides is 2. The fraction of sp³-hybridized carbons (Fsp3) is 0.333. The molecule has 130 valence electrons. The van der Waals surface area contributed by atoms with Crippen molar-refractivity contribution in [1.82, 2.24) is 10.6 Å². The summed E-state index contributed by atoms with van der Waals surface area (Å²) in [5.74, 6) is -0.412. The van der Waals surface area contributed by atoms with Crippen LogP contribution in [0, 0.1) is 11.8 Å². The molecular weight excluding hydrogens is 312 g/mol. The predicted molar refractivity (Wildman–Crippen MR) is 97.8 cm³/mol. The van der Waals surface area contributed by atoms with Gasteiger partial charge >= 0.3 is 0 Å². The number of nitrogens with one attached hydrogen (secondary N) is 2. The van der Waals surface area contributed by atoms with E-state index < -0.39 is 0 Å². The fourth-order valence-electron chi connectivity index (χ4n) is 3.03. The van der Waals surface area contributed by atoms with Crippen LogP contribution in [0.15, 0.2) is 60.7 Å². The summed E-state index contributed by atoms with van der Waals surface area (Å²) in [5, 5.41) is 5.95. The van der Waals surface area contributed by atoms with Crippen molar-refractivity contribution in [3.8, 4) is 0 Å². The molecule has 2 aromatic carbocycles. The van der Waals surface area contributed by atoms with E-state index in [1.165, 1.54) is 5.56 Å². The van der Waals surface area contributed by atoms with Crippen molar-refractivity contribution in [2.45, 2.75) is 25.8 Å². The second-order valence-electron chi connectivity index (χ2n) is 6.62. The molecule has 1 aliphatic carbocycles. The van der Waals surface area contributed by atoms with Gasteiger partial charge in [0.15, 0.2) is 0 Å². The van der Waals surface area contributed by atoms with E-state index in [1.54, 1.807) is 0 Å². The van der Waals surface area contributed by atoms with E-state index in [-0.39, 0.29) is 29.7 Å². The van der Waals surface area contributed by atoms with Gasteiger partial charge in [-0.2, -0.15) is 0 Å². The van der Waals surface area contributed by atoms with Crippen LogP contribution in [0.5, 0.6) is 0 Å². The van der Waals surface area contributed by atoms with E-state index in [2.05, 4.69) is 10.6 Å². The van der Waals surface area contributed by atoms with Crippen LogP contribution in [0.4, 0.5) is 0 Å². The van der Waals surface area contributed by atoms with Gasteiger partial charge in [0.2, 0.25) is 11.8 Å². The van der Waals surface area contributed by atoms with E-state index in [0.29, 0.717) is 13.0 Å². The lowest BCUT2D eigenvalue weighted by molar-refractivity contribution is -0.127. The van der Waals surface area contributed by atoms with E-state index in [1.807, 2.05) is 67.6 Å². The summed E-state index contributed by atoms with van der Waals surface area (Å²) in [6.07, 6.45) is 1.45. The maximum absolute atomic E-state index is 12.3. The van der Waals surface area contributed by atoms with Crippen LogP contribution in [-0.2, 0) is 16.0 Å². The molecule has 4 heteroatoms. The van der Waals surface area contributed by atoms with Crippen molar-refractivity contribution in [3.63, 3.8) is 0 Å². The third-order valence-corrected chi connectivity index (χ3v) is 4.68. The van der Waals surface area contributed by atoms with Gasteiger partial charge < -0.3 is 10.6 Å². The topological polar surface area (TPSA) is 58.2 Å². The second-order valence-corrected chi connectivity index (χ2v) is 6.62. The molecule has 3 unspecified atom stereocenters. The Bertz CT molecular complexity index is 715. The average Bonchev–Trinajstić information content (AvgIpc) is 3.44. The molecule has 4 nitrogen and oxygen atoms in total. The molecule has 0 spiro atoms. The van der Waals surface area contributed by atoms with E-state index in [9.17, 15) is 9.59 Å². The van der Waals surface area contributed by atoms with Crippen LogP contribution < -0.4 is 10.6 Å². The van der Waals surface area contributed by atoms with Crippen molar-refractivity contribution in [2.75, 3.05) is 6.54 Å². The van der Waals surface area contributed by atoms with Gasteiger partial charge in [-0.3, -0.25) is 9.59 Å². The molecule has 3 atom stereocenters. The molecule has 2 N–H and O–H groups in total. The smallest absolute Gasteiger partial charge is 0.224 e. The van der Waals surface area contributed by atoms with Crippen molar-refractivity contribution >= 4 is 11.8 Å². The maximum Gasteiger partial charge on any atom is 0.224 e. The van der Waals surface area contributed by atoms with Crippen molar-refractivity contribution in [2.24, 2.45) is 11.8 Å². The first kappa shape index (κ1) is 17.2. The number of hydrogen-bond donors (Lipinski definition) is 2. The second kappa shape index (κ2) is 7.97. The zero-order valence-corrected chi connectivity index (χ0v) is 14.4. The highest BCUT2D eigenvalue weighted by atomic mass is 16.2. The Morgan fingerprint density at radius 1 is 0.960 bits per heavy atom. The highest BCUT2D eigenvalue weighted by Crippen LogP contribution is 2.39. The molecule has 2 amide bonds. The minimum absolute atomic E-state index is 0.0107. The Kier molecular flexibility index (Phi) is 5.49. The van der Waals surface area contributed by atoms with Gasteiger partial charge in [-0.15, -0.1) is 0 Å². The third-order valence-electron chi connectivity index (χ3n) is 4.68. The zero-order chi connectivity index (χ0) is 17.6. The lowest BCUT2D eigenvalue weighted by Gasteiger charge is -2.14. The molecule has 1 aliphatic rings. The van der Waals surface area contributed by atoms with Crippen LogP contribution in [0.1, 0.15) is 30.5 Å². The van der Waals surface area contributed by atoms with E-state index in [0.717, 1.165) is 12.0 Å². The summed E-state index contributed by atoms with van der Waals surface area (Å²) in [6, 6.07) is 19.9. The lowest BCUT2D eigenvalue weighted by Crippen LogP contribution is -2.32. The molecule has 25 heavy (non-hydrogen) atoms. The molecule has 3 rings (SSSR count). The van der Waals surface area contributed by atoms with Crippen molar-refractivity contribution in [3.05, 3.63) is 71.8 Å². The number of hydrogen-bond acceptors (Lipinski definition) is 2. The summed E-state index contributed by atoms with van der Waals surface area (Å²) < 4.78 is 0. The molecule has 0 radical (unpaired) electrons. The van der Waals surface area contributed by atoms with E-state index >= 15 is 0 Å². The van der Waals surface area contributed by atoms with Crippen LogP contribution in [0.3, 0.4) is 0 Å². The van der Waals surface area contributed by atoms with Gasteiger partial charge in [-0.05, 0) is 30.9 Å². The monoisotopic (exact) mass is 336 g/mol. The predicted octanol–water partition coefficient (Wildman–Crippen LogP) is 2.86. The summed E-state index contributed by atoms with van der Waals surface area (Å²) in [7, 11) is 0. The molecular formula is C21H24N2O2. The highest BCUT2D eigenvalue weighted by Gasteiger charge is 2.48. The van der Waals surface area contributed by atoms with Crippen LogP contribution in [-0.4, -0.2) is 18.4 Å². The van der Waals surface area contributed by atoms with Gasteiger partial charge in [0.25, 0.3) is 0 Å². The first-order valence-corrected chi connectivity index (χ1v) is 8.82. The fourth-order valence-corrected chi connectivity index (χ4v) is 3.03. The molecule has 0 bridgehead atoms. The van der Waals surface area contributed by atoms with Gasteiger partial charge in [-0.1, -0.05) is 60.7 Å². The minimum atomic E-state index is -0.192. The Hall–Kier alpha value is -2.62. The molecule has 2 aromatic rings. The molecule has 0 aromatic heterocycles.